The third-order valence-electron chi connectivity index (χ3n) is 4.54. The molecule has 0 spiro atoms. The molecule has 0 rings (SSSR count). The second-order valence-electron chi connectivity index (χ2n) is 7.50. The molecule has 0 N–H and O–H groups in total. The molecule has 6 radical (unpaired) electrons. The van der Waals surface area contributed by atoms with Crippen molar-refractivity contribution in [2.75, 3.05) is 39.3 Å². The van der Waals surface area contributed by atoms with Crippen LogP contribution in [0.4, 0.5) is 0 Å². The van der Waals surface area contributed by atoms with E-state index in [1.165, 1.54) is 0 Å². The van der Waals surface area contributed by atoms with E-state index in [4.69, 9.17) is 74.5 Å². The van der Waals surface area contributed by atoms with E-state index >= 15 is 0 Å². The summed E-state index contributed by atoms with van der Waals surface area (Å²) in [4.78, 5) is 8.61. The zero-order chi connectivity index (χ0) is 22.0. The third-order valence-corrected chi connectivity index (χ3v) is 5.95. The van der Waals surface area contributed by atoms with Crippen LogP contribution in [0.5, 0.6) is 0 Å². The average molecular weight is 1060 g/mol. The minimum absolute atomic E-state index is 0. The number of hydrogen-bond acceptors (Lipinski definition) is 7. The second kappa shape index (κ2) is 47.0. The van der Waals surface area contributed by atoms with Crippen molar-refractivity contribution in [3.8, 4) is 0 Å². The first-order chi connectivity index (χ1) is 12.9. The molecule has 0 heterocycles. The van der Waals surface area contributed by atoms with Gasteiger partial charge in [-0.2, -0.15) is 0 Å². The zero-order valence-corrected chi connectivity index (χ0v) is 36.1. The van der Waals surface area contributed by atoms with Crippen molar-refractivity contribution in [1.82, 2.24) is 19.6 Å². The maximum atomic E-state index is 5.24. The van der Waals surface area contributed by atoms with Crippen molar-refractivity contribution in [2.45, 2.75) is 104 Å². The Morgan fingerprint density at radius 3 is 0.700 bits per heavy atom. The van der Waals surface area contributed by atoms with Crippen molar-refractivity contribution in [1.29, 1.82) is 0 Å². The Balaban J connectivity index is -0.0000000552. The molecule has 40 heavy (non-hydrogen) atoms. The maximum Gasteiger partial charge on any atom is 2.00 e. The molecule has 0 unspecified atom stereocenters. The summed E-state index contributed by atoms with van der Waals surface area (Å²) in [6.07, 6.45) is 0. The molecule has 242 valence electrons. The molecule has 4 nitrogen and oxygen atoms in total. The number of halogens is 3. The molecule has 0 fully saturated rings. The summed E-state index contributed by atoms with van der Waals surface area (Å²) in [5.74, 6) is 0. The van der Waals surface area contributed by atoms with E-state index in [9.17, 15) is 0 Å². The van der Waals surface area contributed by atoms with Gasteiger partial charge in [0.25, 0.3) is 0 Å². The zero-order valence-electron chi connectivity index (χ0n) is 20.3. The summed E-state index contributed by atoms with van der Waals surface area (Å²) in [6, 6.07) is 0.852. The van der Waals surface area contributed by atoms with Gasteiger partial charge in [0.15, 0.2) is 0 Å². The van der Waals surface area contributed by atoms with E-state index in [1.807, 2.05) is 0 Å². The Morgan fingerprint density at radius 2 is 0.600 bits per heavy atom. The predicted octanol–water partition coefficient (Wildman–Crippen LogP) is -3.40. The van der Waals surface area contributed by atoms with E-state index < -0.39 is 0 Å². The monoisotopic (exact) mass is 1060 g/mol. The van der Waals surface area contributed by atoms with Crippen LogP contribution in [0.15, 0.2) is 0 Å². The van der Waals surface area contributed by atoms with E-state index in [-0.39, 0.29) is 172 Å². The van der Waals surface area contributed by atoms with Crippen molar-refractivity contribution >= 4 is 159 Å². The fourth-order valence-electron chi connectivity index (χ4n) is 2.76. The number of rotatable bonds is 12. The number of thiocarbonyl (C=S) groups is 3. The van der Waals surface area contributed by atoms with Crippen LogP contribution in [0.25, 0.3) is 0 Å². The molecule has 0 aromatic carbocycles. The van der Waals surface area contributed by atoms with Crippen LogP contribution in [-0.4, -0.2) is 162 Å². The van der Waals surface area contributed by atoms with Gasteiger partial charge in [0.2, 0.25) is 0 Å². The van der Waals surface area contributed by atoms with Gasteiger partial charge in [-0.1, -0.05) is 57.5 Å². The minimum atomic E-state index is 0. The van der Waals surface area contributed by atoms with Gasteiger partial charge in [-0.3, -0.25) is 4.90 Å². The average Bonchev–Trinajstić information content (AvgIpc) is 2.52. The van der Waals surface area contributed by atoms with Crippen molar-refractivity contribution < 1.29 is 37.2 Å². The van der Waals surface area contributed by atoms with Gasteiger partial charge >= 0.3 is 71.7 Å². The first kappa shape index (κ1) is 84.5. The molecule has 0 atom stereocenters. The Bertz CT molecular complexity index is 475. The van der Waals surface area contributed by atoms with Crippen LogP contribution in [0, 0.1) is 0 Å². The Morgan fingerprint density at radius 1 is 0.450 bits per heavy atom. The topological polar surface area (TPSA) is 13.0 Å². The molecule has 0 saturated carbocycles. The van der Waals surface area contributed by atoms with Gasteiger partial charge in [-0.05, 0) is 41.5 Å². The summed E-state index contributed by atoms with van der Waals surface area (Å²) in [6.45, 7) is 17.6. The van der Waals surface area contributed by atoms with Gasteiger partial charge in [0.1, 0.15) is 0 Å². The van der Waals surface area contributed by atoms with E-state index in [1.54, 1.807) is 0 Å². The molecule has 0 aromatic heterocycles. The van der Waals surface area contributed by atoms with Gasteiger partial charge in [0.05, 0.1) is 0 Å². The van der Waals surface area contributed by atoms with Gasteiger partial charge in [-0.15, -0.1) is 0 Å². The smallest absolute Gasteiger partial charge is 1.00 e. The molecular formula is C24H57Cl3N4S6Sn3. The molecule has 0 aliphatic carbocycles. The summed E-state index contributed by atoms with van der Waals surface area (Å²) in [5.41, 5.74) is 0. The molecule has 0 amide bonds. The Hall–Kier alpha value is 3.56. The molecule has 0 aromatic rings. The van der Waals surface area contributed by atoms with Gasteiger partial charge in [-0.25, -0.2) is 0 Å². The molecular weight excluding hydrogens is 999 g/mol. The Labute approximate surface area is 354 Å². The van der Waals surface area contributed by atoms with Crippen LogP contribution < -0.4 is 37.2 Å². The largest absolute Gasteiger partial charge is 2.00 e. The fraction of sp³-hybridized carbons (Fsp3) is 0.875. The second-order valence-corrected chi connectivity index (χ2v) is 10.6. The Kier molecular flexibility index (Phi) is 99.2. The maximum absolute atomic E-state index is 5.24. The number of hydrogen-bond donors (Lipinski definition) is 0. The predicted molar refractivity (Wildman–Crippen MR) is 200 cm³/mol. The molecule has 0 bridgehead atoms. The van der Waals surface area contributed by atoms with Crippen molar-refractivity contribution in [3.63, 3.8) is 0 Å². The van der Waals surface area contributed by atoms with Crippen molar-refractivity contribution in [3.05, 3.63) is 0 Å². The molecule has 0 aliphatic rings. The van der Waals surface area contributed by atoms with Crippen LogP contribution in [-0.2, 0) is 37.9 Å². The first-order valence-corrected chi connectivity index (χ1v) is 12.0. The van der Waals surface area contributed by atoms with Crippen LogP contribution in [0.1, 0.15) is 86.1 Å². The van der Waals surface area contributed by atoms with Crippen molar-refractivity contribution in [2.24, 2.45) is 0 Å². The van der Waals surface area contributed by atoms with Crippen LogP contribution in [0.3, 0.4) is 0 Å². The molecule has 16 heteroatoms. The van der Waals surface area contributed by atoms with E-state index in [0.717, 1.165) is 39.3 Å². The standard InChI is InChI=1S/C18H36N4S6.6CH4.3ClH.3Sn/c1-13(2)20(16(23)24)10-7-19(8-11-21(14(3)4)17(25)26)9-12-22(15(5)6)18(27)28;;;;;;;;;;;;/h13-15H,7-12H2,1-6H3,(H,23,24)(H,25,26)(H,27,28);6*1H4;3*1H;;;/q;;;;;;;;;;3*+2/p-6. The summed E-state index contributed by atoms with van der Waals surface area (Å²) >= 11 is 31.4. The summed E-state index contributed by atoms with van der Waals surface area (Å²) in [5, 5.41) is 0. The third kappa shape index (κ3) is 37.7. The summed E-state index contributed by atoms with van der Waals surface area (Å²) in [7, 11) is 0. The first-order valence-electron chi connectivity index (χ1n) is 9.53. The molecule has 0 aliphatic heterocycles. The summed E-state index contributed by atoms with van der Waals surface area (Å²) < 4.78 is 1.54. The quantitative estimate of drug-likeness (QED) is 0.111. The molecule has 0 saturated heterocycles. The van der Waals surface area contributed by atoms with Crippen LogP contribution in [0.2, 0.25) is 0 Å². The number of nitrogens with zero attached hydrogens (tertiary/aromatic N) is 4. The van der Waals surface area contributed by atoms with Gasteiger partial charge < -0.3 is 126 Å². The van der Waals surface area contributed by atoms with Crippen LogP contribution >= 0.6 is 36.7 Å². The SMILES string of the molecule is C.C.C.C.C.C.CC(C)N(CCN(CCN(C(=S)[S-])C(C)C)CCN(C(=S)[S-])C(C)C)C(=S)[S-].[Cl-].[Cl-].[Cl-].[Sn+2].[Sn+2].[Sn+2]. The minimum Gasteiger partial charge on any atom is -1.00 e. The van der Waals surface area contributed by atoms with Gasteiger partial charge in [0, 0.05) is 57.4 Å². The fourth-order valence-corrected chi connectivity index (χ4v) is 4.58. The van der Waals surface area contributed by atoms with E-state index in [0.29, 0.717) is 13.0 Å². The van der Waals surface area contributed by atoms with E-state index in [2.05, 4.69) is 61.1 Å². The normalized spacial score (nSPS) is 7.95.